The van der Waals surface area contributed by atoms with E-state index >= 15 is 0 Å². The van der Waals surface area contributed by atoms with Gasteiger partial charge in [-0.1, -0.05) is 33.8 Å². The van der Waals surface area contributed by atoms with Crippen molar-refractivity contribution in [2.24, 2.45) is 0 Å². The lowest BCUT2D eigenvalue weighted by molar-refractivity contribution is 0.407. The highest BCUT2D eigenvalue weighted by Gasteiger charge is 2.12. The zero-order chi connectivity index (χ0) is 11.6. The molecule has 0 fully saturated rings. The van der Waals surface area contributed by atoms with Crippen LogP contribution in [0, 0.1) is 6.92 Å². The average Bonchev–Trinajstić information content (AvgIpc) is 2.16. The maximum Gasteiger partial charge on any atom is 0.122 e. The first-order chi connectivity index (χ1) is 6.97. The summed E-state index contributed by atoms with van der Waals surface area (Å²) in [7, 11) is 1.75. The summed E-state index contributed by atoms with van der Waals surface area (Å²) < 4.78 is 5.42. The first-order valence-electron chi connectivity index (χ1n) is 5.65. The summed E-state index contributed by atoms with van der Waals surface area (Å²) >= 11 is 0. The molecule has 0 atom stereocenters. The Morgan fingerprint density at radius 3 is 1.87 bits per heavy atom. The van der Waals surface area contributed by atoms with Crippen LogP contribution in [0.15, 0.2) is 12.1 Å². The number of methoxy groups -OCH3 is 1. The summed E-state index contributed by atoms with van der Waals surface area (Å²) in [5, 5.41) is 0. The van der Waals surface area contributed by atoms with Gasteiger partial charge >= 0.3 is 0 Å². The van der Waals surface area contributed by atoms with Crippen LogP contribution in [-0.4, -0.2) is 7.11 Å². The van der Waals surface area contributed by atoms with Gasteiger partial charge in [-0.2, -0.15) is 0 Å². The maximum atomic E-state index is 5.42. The van der Waals surface area contributed by atoms with Crippen LogP contribution in [0.1, 0.15) is 56.2 Å². The molecule has 84 valence electrons. The molecule has 0 aromatic heterocycles. The van der Waals surface area contributed by atoms with Crippen LogP contribution in [0.5, 0.6) is 5.75 Å². The van der Waals surface area contributed by atoms with E-state index in [0.717, 1.165) is 5.75 Å². The largest absolute Gasteiger partial charge is 0.496 e. The molecule has 0 saturated carbocycles. The summed E-state index contributed by atoms with van der Waals surface area (Å²) in [5.41, 5.74) is 4.07. The third-order valence-corrected chi connectivity index (χ3v) is 2.86. The minimum atomic E-state index is 0.512. The molecule has 0 spiro atoms. The highest BCUT2D eigenvalue weighted by atomic mass is 16.5. The Hall–Kier alpha value is -0.980. The van der Waals surface area contributed by atoms with Crippen molar-refractivity contribution in [3.63, 3.8) is 0 Å². The summed E-state index contributed by atoms with van der Waals surface area (Å²) in [4.78, 5) is 0. The van der Waals surface area contributed by atoms with E-state index in [1.54, 1.807) is 7.11 Å². The lowest BCUT2D eigenvalue weighted by Crippen LogP contribution is -2.00. The Morgan fingerprint density at radius 2 is 1.47 bits per heavy atom. The second-order valence-electron chi connectivity index (χ2n) is 4.76. The highest BCUT2D eigenvalue weighted by molar-refractivity contribution is 5.44. The van der Waals surface area contributed by atoms with Gasteiger partial charge in [0, 0.05) is 0 Å². The van der Waals surface area contributed by atoms with Gasteiger partial charge < -0.3 is 4.74 Å². The van der Waals surface area contributed by atoms with Gasteiger partial charge in [0.05, 0.1) is 7.11 Å². The quantitative estimate of drug-likeness (QED) is 0.718. The van der Waals surface area contributed by atoms with Crippen LogP contribution < -0.4 is 4.74 Å². The van der Waals surface area contributed by atoms with Crippen LogP contribution in [0.25, 0.3) is 0 Å². The summed E-state index contributed by atoms with van der Waals surface area (Å²) in [6, 6.07) is 4.45. The van der Waals surface area contributed by atoms with Crippen LogP contribution in [0.4, 0.5) is 0 Å². The van der Waals surface area contributed by atoms with Crippen molar-refractivity contribution >= 4 is 0 Å². The Bertz CT molecular complexity index is 337. The molecule has 0 radical (unpaired) electrons. The van der Waals surface area contributed by atoms with E-state index in [4.69, 9.17) is 4.74 Å². The molecule has 0 aliphatic rings. The van der Waals surface area contributed by atoms with E-state index in [1.807, 2.05) is 0 Å². The van der Waals surface area contributed by atoms with Gasteiger partial charge in [-0.3, -0.25) is 0 Å². The standard InChI is InChI=1S/C14H22O/c1-9(2)12-8-13(10(3)4)14(15-6)7-11(12)5/h7-10H,1-6H3. The number of hydrogen-bond donors (Lipinski definition) is 0. The predicted molar refractivity (Wildman–Crippen MR) is 65.9 cm³/mol. The van der Waals surface area contributed by atoms with E-state index in [2.05, 4.69) is 46.8 Å². The van der Waals surface area contributed by atoms with Crippen LogP contribution in [-0.2, 0) is 0 Å². The molecule has 1 aromatic rings. The van der Waals surface area contributed by atoms with Gasteiger partial charge in [-0.25, -0.2) is 0 Å². The van der Waals surface area contributed by atoms with E-state index in [-0.39, 0.29) is 0 Å². The number of rotatable bonds is 3. The number of ether oxygens (including phenoxy) is 1. The zero-order valence-corrected chi connectivity index (χ0v) is 10.7. The SMILES string of the molecule is COc1cc(C)c(C(C)C)cc1C(C)C. The molecule has 0 aliphatic carbocycles. The fourth-order valence-electron chi connectivity index (χ4n) is 1.97. The lowest BCUT2D eigenvalue weighted by atomic mass is 9.91. The minimum absolute atomic E-state index is 0.512. The topological polar surface area (TPSA) is 9.23 Å². The normalized spacial score (nSPS) is 11.2. The second kappa shape index (κ2) is 4.69. The van der Waals surface area contributed by atoms with Gasteiger partial charge in [0.2, 0.25) is 0 Å². The molecule has 0 aliphatic heterocycles. The van der Waals surface area contributed by atoms with Crippen molar-refractivity contribution in [2.45, 2.75) is 46.5 Å². The van der Waals surface area contributed by atoms with Crippen molar-refractivity contribution in [3.8, 4) is 5.75 Å². The Kier molecular flexibility index (Phi) is 3.78. The summed E-state index contributed by atoms with van der Waals surface area (Å²) in [5.74, 6) is 2.11. The Balaban J connectivity index is 3.30. The molecule has 15 heavy (non-hydrogen) atoms. The molecule has 0 bridgehead atoms. The molecular formula is C14H22O. The molecule has 1 nitrogen and oxygen atoms in total. The van der Waals surface area contributed by atoms with Crippen LogP contribution >= 0.6 is 0 Å². The molecule has 0 unspecified atom stereocenters. The molecule has 0 N–H and O–H groups in total. The molecular weight excluding hydrogens is 184 g/mol. The predicted octanol–water partition coefficient (Wildman–Crippen LogP) is 4.25. The highest BCUT2D eigenvalue weighted by Crippen LogP contribution is 2.32. The number of aryl methyl sites for hydroxylation is 1. The first-order valence-corrected chi connectivity index (χ1v) is 5.65. The van der Waals surface area contributed by atoms with Gasteiger partial charge in [0.15, 0.2) is 0 Å². The van der Waals surface area contributed by atoms with Crippen molar-refractivity contribution in [1.29, 1.82) is 0 Å². The molecule has 1 heteroatoms. The Labute approximate surface area is 93.5 Å². The summed E-state index contributed by atoms with van der Waals surface area (Å²) in [6.45, 7) is 11.0. The monoisotopic (exact) mass is 206 g/mol. The van der Waals surface area contributed by atoms with Gasteiger partial charge in [-0.05, 0) is 41.5 Å². The smallest absolute Gasteiger partial charge is 0.122 e. The third-order valence-electron chi connectivity index (χ3n) is 2.86. The molecule has 0 saturated heterocycles. The van der Waals surface area contributed by atoms with E-state index in [1.165, 1.54) is 16.7 Å². The fraction of sp³-hybridized carbons (Fsp3) is 0.571. The van der Waals surface area contributed by atoms with Crippen molar-refractivity contribution in [2.75, 3.05) is 7.11 Å². The van der Waals surface area contributed by atoms with Gasteiger partial charge in [0.1, 0.15) is 5.75 Å². The zero-order valence-electron chi connectivity index (χ0n) is 10.7. The van der Waals surface area contributed by atoms with Crippen LogP contribution in [0.2, 0.25) is 0 Å². The molecule has 1 rings (SSSR count). The third kappa shape index (κ3) is 2.53. The minimum Gasteiger partial charge on any atom is -0.496 e. The molecule has 0 amide bonds. The van der Waals surface area contributed by atoms with Crippen molar-refractivity contribution in [3.05, 3.63) is 28.8 Å². The van der Waals surface area contributed by atoms with Crippen LogP contribution in [0.3, 0.4) is 0 Å². The molecule has 1 aromatic carbocycles. The van der Waals surface area contributed by atoms with E-state index in [9.17, 15) is 0 Å². The van der Waals surface area contributed by atoms with Crippen molar-refractivity contribution in [1.82, 2.24) is 0 Å². The van der Waals surface area contributed by atoms with E-state index in [0.29, 0.717) is 11.8 Å². The fourth-order valence-corrected chi connectivity index (χ4v) is 1.97. The van der Waals surface area contributed by atoms with Gasteiger partial charge in [0.25, 0.3) is 0 Å². The first kappa shape index (κ1) is 12.1. The number of benzene rings is 1. The average molecular weight is 206 g/mol. The van der Waals surface area contributed by atoms with E-state index < -0.39 is 0 Å². The lowest BCUT2D eigenvalue weighted by Gasteiger charge is -2.17. The number of hydrogen-bond acceptors (Lipinski definition) is 1. The summed E-state index contributed by atoms with van der Waals surface area (Å²) in [6.07, 6.45) is 0. The Morgan fingerprint density at radius 1 is 0.933 bits per heavy atom. The molecule has 0 heterocycles. The van der Waals surface area contributed by atoms with Crippen molar-refractivity contribution < 1.29 is 4.74 Å². The van der Waals surface area contributed by atoms with Gasteiger partial charge in [-0.15, -0.1) is 0 Å². The maximum absolute atomic E-state index is 5.42. The second-order valence-corrected chi connectivity index (χ2v) is 4.76.